The summed E-state index contributed by atoms with van der Waals surface area (Å²) in [6.07, 6.45) is 1.53. The molecule has 2 rings (SSSR count). The number of aromatic nitrogens is 5. The van der Waals surface area contributed by atoms with Gasteiger partial charge in [-0.15, -0.1) is 0 Å². The van der Waals surface area contributed by atoms with Crippen LogP contribution in [0.5, 0.6) is 0 Å². The third-order valence-corrected chi connectivity index (χ3v) is 3.00. The molecule has 2 aromatic heterocycles. The molecule has 17 heavy (non-hydrogen) atoms. The third-order valence-electron chi connectivity index (χ3n) is 2.03. The molecule has 0 bridgehead atoms. The van der Waals surface area contributed by atoms with E-state index in [1.165, 1.54) is 18.1 Å². The van der Waals surface area contributed by atoms with E-state index in [1.54, 1.807) is 4.68 Å². The summed E-state index contributed by atoms with van der Waals surface area (Å²) in [6, 6.07) is 1.93. The van der Waals surface area contributed by atoms with Gasteiger partial charge in [0.1, 0.15) is 11.4 Å². The predicted octanol–water partition coefficient (Wildman–Crippen LogP) is 1.50. The Hall–Kier alpha value is -1.63. The molecule has 0 unspecified atom stereocenters. The van der Waals surface area contributed by atoms with E-state index in [4.69, 9.17) is 0 Å². The highest BCUT2D eigenvalue weighted by atomic mass is 32.2. The minimum Gasteiger partial charge on any atom is -0.354 e. The maximum absolute atomic E-state index is 4.40. The SMILES string of the molecule is CCNc1nc(C)cc(Sc2ncnn2C)n1. The molecular weight excluding hydrogens is 236 g/mol. The molecule has 0 saturated carbocycles. The Morgan fingerprint density at radius 1 is 1.41 bits per heavy atom. The Morgan fingerprint density at radius 3 is 2.88 bits per heavy atom. The van der Waals surface area contributed by atoms with Gasteiger partial charge >= 0.3 is 0 Å². The molecule has 0 aliphatic carbocycles. The van der Waals surface area contributed by atoms with Crippen molar-refractivity contribution in [2.75, 3.05) is 11.9 Å². The fourth-order valence-corrected chi connectivity index (χ4v) is 2.13. The second-order valence-electron chi connectivity index (χ2n) is 3.47. The van der Waals surface area contributed by atoms with Gasteiger partial charge in [-0.25, -0.2) is 19.6 Å². The van der Waals surface area contributed by atoms with E-state index < -0.39 is 0 Å². The number of rotatable bonds is 4. The van der Waals surface area contributed by atoms with Gasteiger partial charge in [0.2, 0.25) is 5.95 Å². The second-order valence-corrected chi connectivity index (χ2v) is 4.46. The van der Waals surface area contributed by atoms with Gasteiger partial charge < -0.3 is 5.32 Å². The Labute approximate surface area is 104 Å². The fourth-order valence-electron chi connectivity index (χ4n) is 1.30. The van der Waals surface area contributed by atoms with Crippen LogP contribution in [0.1, 0.15) is 12.6 Å². The van der Waals surface area contributed by atoms with Gasteiger partial charge in [0.25, 0.3) is 0 Å². The number of anilines is 1. The summed E-state index contributed by atoms with van der Waals surface area (Å²) in [4.78, 5) is 12.8. The van der Waals surface area contributed by atoms with E-state index in [-0.39, 0.29) is 0 Å². The molecule has 2 heterocycles. The molecule has 0 aromatic carbocycles. The monoisotopic (exact) mass is 250 g/mol. The van der Waals surface area contributed by atoms with Crippen LogP contribution in [0.2, 0.25) is 0 Å². The molecule has 0 atom stereocenters. The van der Waals surface area contributed by atoms with Crippen molar-refractivity contribution in [3.8, 4) is 0 Å². The first kappa shape index (κ1) is 11.8. The Morgan fingerprint density at radius 2 is 2.24 bits per heavy atom. The van der Waals surface area contributed by atoms with Crippen molar-refractivity contribution >= 4 is 17.7 Å². The van der Waals surface area contributed by atoms with Crippen LogP contribution < -0.4 is 5.32 Å². The van der Waals surface area contributed by atoms with Crippen LogP contribution in [0.3, 0.4) is 0 Å². The summed E-state index contributed by atoms with van der Waals surface area (Å²) in [5, 5.41) is 8.80. The molecule has 7 heteroatoms. The highest BCUT2D eigenvalue weighted by Crippen LogP contribution is 2.24. The third kappa shape index (κ3) is 2.94. The van der Waals surface area contributed by atoms with Crippen LogP contribution in [0, 0.1) is 6.92 Å². The summed E-state index contributed by atoms with van der Waals surface area (Å²) in [6.45, 7) is 4.77. The first-order chi connectivity index (χ1) is 8.19. The molecule has 0 radical (unpaired) electrons. The summed E-state index contributed by atoms with van der Waals surface area (Å²) >= 11 is 1.47. The molecule has 0 amide bonds. The Bertz CT molecular complexity index is 509. The Kier molecular flexibility index (Phi) is 3.58. The van der Waals surface area contributed by atoms with Crippen molar-refractivity contribution in [2.45, 2.75) is 24.0 Å². The summed E-state index contributed by atoms with van der Waals surface area (Å²) < 4.78 is 1.72. The lowest BCUT2D eigenvalue weighted by molar-refractivity contribution is 0.684. The zero-order chi connectivity index (χ0) is 12.3. The van der Waals surface area contributed by atoms with Crippen molar-refractivity contribution in [1.82, 2.24) is 24.7 Å². The van der Waals surface area contributed by atoms with E-state index in [0.29, 0.717) is 5.95 Å². The molecule has 1 N–H and O–H groups in total. The lowest BCUT2D eigenvalue weighted by Gasteiger charge is -2.05. The van der Waals surface area contributed by atoms with Gasteiger partial charge in [0.15, 0.2) is 5.16 Å². The van der Waals surface area contributed by atoms with E-state index >= 15 is 0 Å². The van der Waals surface area contributed by atoms with Crippen LogP contribution in [0.4, 0.5) is 5.95 Å². The van der Waals surface area contributed by atoms with Crippen molar-refractivity contribution in [3.05, 3.63) is 18.1 Å². The number of hydrogen-bond acceptors (Lipinski definition) is 6. The number of nitrogens with zero attached hydrogens (tertiary/aromatic N) is 5. The largest absolute Gasteiger partial charge is 0.354 e. The van der Waals surface area contributed by atoms with Crippen molar-refractivity contribution in [1.29, 1.82) is 0 Å². The lowest BCUT2D eigenvalue weighted by Crippen LogP contribution is -2.04. The van der Waals surface area contributed by atoms with E-state index in [2.05, 4.69) is 25.4 Å². The molecule has 0 aliphatic rings. The minimum atomic E-state index is 0.650. The van der Waals surface area contributed by atoms with Gasteiger partial charge in [-0.05, 0) is 31.7 Å². The highest BCUT2D eigenvalue weighted by molar-refractivity contribution is 7.99. The minimum absolute atomic E-state index is 0.650. The van der Waals surface area contributed by atoms with E-state index in [9.17, 15) is 0 Å². The standard InChI is InChI=1S/C10H14N6S/c1-4-11-9-14-7(2)5-8(15-9)17-10-12-6-13-16(10)3/h5-6H,4H2,1-3H3,(H,11,14,15). The van der Waals surface area contributed by atoms with Gasteiger partial charge in [-0.1, -0.05) is 0 Å². The molecular formula is C10H14N6S. The average molecular weight is 250 g/mol. The van der Waals surface area contributed by atoms with Gasteiger partial charge in [0.05, 0.1) is 0 Å². The summed E-state index contributed by atoms with van der Waals surface area (Å²) in [7, 11) is 1.86. The quantitative estimate of drug-likeness (QED) is 0.829. The molecule has 0 spiro atoms. The molecule has 90 valence electrons. The molecule has 0 aliphatic heterocycles. The van der Waals surface area contributed by atoms with Crippen LogP contribution in [0.15, 0.2) is 22.6 Å². The summed E-state index contributed by atoms with van der Waals surface area (Å²) in [5.41, 5.74) is 0.931. The molecule has 0 fully saturated rings. The number of nitrogens with one attached hydrogen (secondary N) is 1. The van der Waals surface area contributed by atoms with Crippen LogP contribution >= 0.6 is 11.8 Å². The topological polar surface area (TPSA) is 68.5 Å². The van der Waals surface area contributed by atoms with Crippen LogP contribution in [-0.4, -0.2) is 31.3 Å². The van der Waals surface area contributed by atoms with Crippen molar-refractivity contribution < 1.29 is 0 Å². The van der Waals surface area contributed by atoms with Crippen molar-refractivity contribution in [2.24, 2.45) is 7.05 Å². The van der Waals surface area contributed by atoms with Gasteiger partial charge in [-0.3, -0.25) is 0 Å². The van der Waals surface area contributed by atoms with Gasteiger partial charge in [-0.2, -0.15) is 5.10 Å². The van der Waals surface area contributed by atoms with Crippen LogP contribution in [-0.2, 0) is 7.05 Å². The highest BCUT2D eigenvalue weighted by Gasteiger charge is 2.07. The zero-order valence-corrected chi connectivity index (χ0v) is 10.8. The predicted molar refractivity (Wildman–Crippen MR) is 66.1 cm³/mol. The maximum atomic E-state index is 4.40. The lowest BCUT2D eigenvalue weighted by atomic mass is 10.5. The number of aryl methyl sites for hydroxylation is 2. The van der Waals surface area contributed by atoms with Gasteiger partial charge in [0, 0.05) is 19.3 Å². The maximum Gasteiger partial charge on any atom is 0.223 e. The van der Waals surface area contributed by atoms with Crippen LogP contribution in [0.25, 0.3) is 0 Å². The first-order valence-corrected chi connectivity index (χ1v) is 6.12. The number of hydrogen-bond donors (Lipinski definition) is 1. The second kappa shape index (κ2) is 5.13. The Balaban J connectivity index is 2.23. The van der Waals surface area contributed by atoms with E-state index in [1.807, 2.05) is 27.0 Å². The normalized spacial score (nSPS) is 10.5. The van der Waals surface area contributed by atoms with Crippen molar-refractivity contribution in [3.63, 3.8) is 0 Å². The smallest absolute Gasteiger partial charge is 0.223 e. The summed E-state index contributed by atoms with van der Waals surface area (Å²) in [5.74, 6) is 0.650. The molecule has 2 aromatic rings. The molecule has 6 nitrogen and oxygen atoms in total. The van der Waals surface area contributed by atoms with E-state index in [0.717, 1.165) is 22.4 Å². The molecule has 0 saturated heterocycles. The first-order valence-electron chi connectivity index (χ1n) is 5.30. The average Bonchev–Trinajstić information content (AvgIpc) is 2.64. The fraction of sp³-hybridized carbons (Fsp3) is 0.400. The zero-order valence-electron chi connectivity index (χ0n) is 10.0.